The molecule has 5 heteroatoms. The highest BCUT2D eigenvalue weighted by Gasteiger charge is 2.30. The summed E-state index contributed by atoms with van der Waals surface area (Å²) in [5, 5.41) is 3.07. The van der Waals surface area contributed by atoms with Gasteiger partial charge >= 0.3 is 0 Å². The molecule has 3 rings (SSSR count). The Kier molecular flexibility index (Phi) is 5.97. The van der Waals surface area contributed by atoms with Gasteiger partial charge in [0.05, 0.1) is 11.6 Å². The zero-order valence-corrected chi connectivity index (χ0v) is 15.1. The van der Waals surface area contributed by atoms with Crippen LogP contribution in [0.2, 0.25) is 0 Å². The van der Waals surface area contributed by atoms with Gasteiger partial charge in [0, 0.05) is 19.3 Å². The van der Waals surface area contributed by atoms with Crippen molar-refractivity contribution in [2.75, 3.05) is 13.2 Å². The number of benzene rings is 1. The Morgan fingerprint density at radius 1 is 1.20 bits per heavy atom. The Bertz CT molecular complexity index is 559. The van der Waals surface area contributed by atoms with Crippen molar-refractivity contribution in [2.24, 2.45) is 5.73 Å². The van der Waals surface area contributed by atoms with Crippen molar-refractivity contribution in [1.29, 1.82) is 0 Å². The topological polar surface area (TPSA) is 73.6 Å². The van der Waals surface area contributed by atoms with Gasteiger partial charge in [0.15, 0.2) is 0 Å². The number of amides is 1. The average molecular weight is 346 g/mol. The second-order valence-electron chi connectivity index (χ2n) is 7.62. The molecule has 1 aromatic carbocycles. The first-order valence-corrected chi connectivity index (χ1v) is 9.46. The van der Waals surface area contributed by atoms with Gasteiger partial charge in [0.25, 0.3) is 0 Å². The van der Waals surface area contributed by atoms with Crippen LogP contribution in [0.15, 0.2) is 24.3 Å². The summed E-state index contributed by atoms with van der Waals surface area (Å²) in [7, 11) is 0. The molecule has 0 spiro atoms. The molecule has 25 heavy (non-hydrogen) atoms. The lowest BCUT2D eigenvalue weighted by molar-refractivity contribution is -0.127. The van der Waals surface area contributed by atoms with Crippen LogP contribution in [0.25, 0.3) is 0 Å². The number of rotatable bonds is 6. The normalized spacial score (nSPS) is 21.7. The SMILES string of the molecule is C[C@](N)(Cc1ccc(OC2CCCC2)cc1)C(=O)NC1CCOCC1. The van der Waals surface area contributed by atoms with Crippen molar-refractivity contribution in [3.8, 4) is 5.75 Å². The third-order valence-electron chi connectivity index (χ3n) is 5.17. The van der Waals surface area contributed by atoms with E-state index < -0.39 is 5.54 Å². The summed E-state index contributed by atoms with van der Waals surface area (Å²) in [5.41, 5.74) is 6.43. The monoisotopic (exact) mass is 346 g/mol. The summed E-state index contributed by atoms with van der Waals surface area (Å²) in [4.78, 5) is 12.5. The molecular weight excluding hydrogens is 316 g/mol. The highest BCUT2D eigenvalue weighted by Crippen LogP contribution is 2.25. The van der Waals surface area contributed by atoms with E-state index in [4.69, 9.17) is 15.2 Å². The number of hydrogen-bond acceptors (Lipinski definition) is 4. The quantitative estimate of drug-likeness (QED) is 0.830. The number of nitrogens with one attached hydrogen (secondary N) is 1. The minimum absolute atomic E-state index is 0.0920. The molecule has 0 unspecified atom stereocenters. The Morgan fingerprint density at radius 3 is 2.48 bits per heavy atom. The standard InChI is InChI=1S/C20H30N2O3/c1-20(21,19(23)22-16-10-12-24-13-11-16)14-15-6-8-18(9-7-15)25-17-4-2-3-5-17/h6-9,16-17H,2-5,10-14,21H2,1H3,(H,22,23)/t20-/m0/s1. The molecule has 0 aromatic heterocycles. The zero-order valence-electron chi connectivity index (χ0n) is 15.1. The van der Waals surface area contributed by atoms with Crippen molar-refractivity contribution >= 4 is 5.91 Å². The van der Waals surface area contributed by atoms with Crippen LogP contribution in [0.5, 0.6) is 5.75 Å². The number of carbonyl (C=O) groups excluding carboxylic acids is 1. The molecule has 3 N–H and O–H groups in total. The van der Waals surface area contributed by atoms with Crippen LogP contribution >= 0.6 is 0 Å². The van der Waals surface area contributed by atoms with E-state index in [2.05, 4.69) is 5.32 Å². The predicted octanol–water partition coefficient (Wildman–Crippen LogP) is 2.56. The van der Waals surface area contributed by atoms with E-state index in [9.17, 15) is 4.79 Å². The fraction of sp³-hybridized carbons (Fsp3) is 0.650. The van der Waals surface area contributed by atoms with E-state index in [-0.39, 0.29) is 11.9 Å². The fourth-order valence-electron chi connectivity index (χ4n) is 3.58. The Labute approximate surface area is 150 Å². The number of ether oxygens (including phenoxy) is 2. The van der Waals surface area contributed by atoms with Gasteiger partial charge < -0.3 is 20.5 Å². The molecule has 1 aliphatic heterocycles. The molecule has 138 valence electrons. The van der Waals surface area contributed by atoms with Crippen molar-refractivity contribution < 1.29 is 14.3 Å². The van der Waals surface area contributed by atoms with E-state index in [1.807, 2.05) is 24.3 Å². The molecule has 1 saturated heterocycles. The molecule has 5 nitrogen and oxygen atoms in total. The Balaban J connectivity index is 1.53. The van der Waals surface area contributed by atoms with Crippen molar-refractivity contribution in [3.63, 3.8) is 0 Å². The van der Waals surface area contributed by atoms with E-state index in [0.29, 0.717) is 25.7 Å². The highest BCUT2D eigenvalue weighted by atomic mass is 16.5. The third-order valence-corrected chi connectivity index (χ3v) is 5.17. The summed E-state index contributed by atoms with van der Waals surface area (Å²) in [6.45, 7) is 3.20. The maximum absolute atomic E-state index is 12.5. The predicted molar refractivity (Wildman–Crippen MR) is 97.6 cm³/mol. The van der Waals surface area contributed by atoms with Gasteiger partial charge in [-0.2, -0.15) is 0 Å². The van der Waals surface area contributed by atoms with Gasteiger partial charge in [0.1, 0.15) is 5.75 Å². The van der Waals surface area contributed by atoms with Gasteiger partial charge in [-0.05, 0) is 69.6 Å². The summed E-state index contributed by atoms with van der Waals surface area (Å²) in [5.74, 6) is 0.812. The number of hydrogen-bond donors (Lipinski definition) is 2. The summed E-state index contributed by atoms with van der Waals surface area (Å²) < 4.78 is 11.3. The molecule has 1 heterocycles. The van der Waals surface area contributed by atoms with Crippen LogP contribution in [0.1, 0.15) is 51.0 Å². The van der Waals surface area contributed by atoms with Crippen LogP contribution in [0, 0.1) is 0 Å². The lowest BCUT2D eigenvalue weighted by Gasteiger charge is -2.29. The van der Waals surface area contributed by atoms with Crippen molar-refractivity contribution in [2.45, 2.75) is 69.6 Å². The van der Waals surface area contributed by atoms with Crippen LogP contribution in [0.4, 0.5) is 0 Å². The van der Waals surface area contributed by atoms with E-state index in [1.54, 1.807) is 6.92 Å². The molecule has 2 aliphatic rings. The Hall–Kier alpha value is -1.59. The second kappa shape index (κ2) is 8.19. The molecular formula is C20H30N2O3. The first kappa shape index (κ1) is 18.2. The van der Waals surface area contributed by atoms with E-state index >= 15 is 0 Å². The molecule has 1 aromatic rings. The number of carbonyl (C=O) groups is 1. The van der Waals surface area contributed by atoms with Gasteiger partial charge in [-0.25, -0.2) is 0 Å². The molecule has 1 atom stereocenters. The fourth-order valence-corrected chi connectivity index (χ4v) is 3.58. The van der Waals surface area contributed by atoms with Gasteiger partial charge in [0.2, 0.25) is 5.91 Å². The summed E-state index contributed by atoms with van der Waals surface area (Å²) in [6, 6.07) is 8.17. The van der Waals surface area contributed by atoms with E-state index in [1.165, 1.54) is 12.8 Å². The van der Waals surface area contributed by atoms with Crippen LogP contribution in [0.3, 0.4) is 0 Å². The molecule has 1 aliphatic carbocycles. The minimum atomic E-state index is -0.924. The smallest absolute Gasteiger partial charge is 0.240 e. The summed E-state index contributed by atoms with van der Waals surface area (Å²) in [6.07, 6.45) is 7.39. The first-order chi connectivity index (χ1) is 12.0. The van der Waals surface area contributed by atoms with Gasteiger partial charge in [-0.3, -0.25) is 4.79 Å². The molecule has 2 fully saturated rings. The second-order valence-corrected chi connectivity index (χ2v) is 7.62. The zero-order chi connectivity index (χ0) is 17.7. The van der Waals surface area contributed by atoms with Gasteiger partial charge in [-0.15, -0.1) is 0 Å². The molecule has 1 saturated carbocycles. The summed E-state index contributed by atoms with van der Waals surface area (Å²) >= 11 is 0. The third kappa shape index (κ3) is 5.19. The molecule has 1 amide bonds. The average Bonchev–Trinajstić information content (AvgIpc) is 3.10. The lowest BCUT2D eigenvalue weighted by Crippen LogP contribution is -2.56. The number of nitrogens with two attached hydrogens (primary N) is 1. The van der Waals surface area contributed by atoms with Crippen LogP contribution < -0.4 is 15.8 Å². The Morgan fingerprint density at radius 2 is 1.84 bits per heavy atom. The molecule has 0 radical (unpaired) electrons. The van der Waals surface area contributed by atoms with E-state index in [0.717, 1.165) is 37.0 Å². The van der Waals surface area contributed by atoms with Gasteiger partial charge in [-0.1, -0.05) is 12.1 Å². The largest absolute Gasteiger partial charge is 0.490 e. The maximum atomic E-state index is 12.5. The maximum Gasteiger partial charge on any atom is 0.240 e. The minimum Gasteiger partial charge on any atom is -0.490 e. The van der Waals surface area contributed by atoms with Crippen molar-refractivity contribution in [1.82, 2.24) is 5.32 Å². The molecule has 0 bridgehead atoms. The van der Waals surface area contributed by atoms with Crippen molar-refractivity contribution in [3.05, 3.63) is 29.8 Å². The first-order valence-electron chi connectivity index (χ1n) is 9.46. The highest BCUT2D eigenvalue weighted by molar-refractivity contribution is 5.86. The lowest BCUT2D eigenvalue weighted by atomic mass is 9.92. The van der Waals surface area contributed by atoms with Crippen LogP contribution in [-0.4, -0.2) is 36.8 Å². The van der Waals surface area contributed by atoms with Crippen LogP contribution in [-0.2, 0) is 16.0 Å².